The predicted octanol–water partition coefficient (Wildman–Crippen LogP) is 2.81. The predicted molar refractivity (Wildman–Crippen MR) is 72.8 cm³/mol. The number of hydrogen-bond donors (Lipinski definition) is 1. The van der Waals surface area contributed by atoms with Crippen molar-refractivity contribution in [3.8, 4) is 0 Å². The van der Waals surface area contributed by atoms with E-state index in [-0.39, 0.29) is 6.04 Å². The molecule has 0 bridgehead atoms. The van der Waals surface area contributed by atoms with Gasteiger partial charge in [-0.05, 0) is 30.9 Å². The molecule has 0 spiro atoms. The highest BCUT2D eigenvalue weighted by Crippen LogP contribution is 2.22. The van der Waals surface area contributed by atoms with E-state index in [1.807, 2.05) is 6.07 Å². The molecule has 1 unspecified atom stereocenters. The molecule has 1 aromatic carbocycles. The molecule has 1 fully saturated rings. The van der Waals surface area contributed by atoms with Crippen molar-refractivity contribution in [3.63, 3.8) is 0 Å². The van der Waals surface area contributed by atoms with Crippen LogP contribution in [0.5, 0.6) is 0 Å². The lowest BCUT2D eigenvalue weighted by molar-refractivity contribution is 0.0904. The summed E-state index contributed by atoms with van der Waals surface area (Å²) in [5.74, 6) is 0.952. The lowest BCUT2D eigenvalue weighted by atomic mass is 9.94. The lowest BCUT2D eigenvalue weighted by Gasteiger charge is -2.39. The van der Waals surface area contributed by atoms with E-state index in [0.717, 1.165) is 18.9 Å². The Kier molecular flexibility index (Phi) is 4.57. The quantitative estimate of drug-likeness (QED) is 0.817. The fourth-order valence-corrected chi connectivity index (χ4v) is 2.64. The Morgan fingerprint density at radius 2 is 2.00 bits per heavy atom. The van der Waals surface area contributed by atoms with E-state index >= 15 is 0 Å². The number of benzene rings is 1. The Labute approximate surface area is 105 Å². The second-order valence-electron chi connectivity index (χ2n) is 5.22. The monoisotopic (exact) mass is 232 g/mol. The van der Waals surface area contributed by atoms with Crippen LogP contribution in [0, 0.1) is 5.92 Å². The Hall–Kier alpha value is -0.860. The number of nitrogens with two attached hydrogens (primary N) is 1. The Morgan fingerprint density at radius 3 is 2.65 bits per heavy atom. The molecule has 1 heterocycles. The zero-order chi connectivity index (χ0) is 12.1. The first kappa shape index (κ1) is 12.6. The topological polar surface area (TPSA) is 29.3 Å². The van der Waals surface area contributed by atoms with Gasteiger partial charge in [0.15, 0.2) is 0 Å². The van der Waals surface area contributed by atoms with Crippen molar-refractivity contribution in [2.45, 2.75) is 32.2 Å². The molecule has 2 N–H and O–H groups in total. The number of likely N-dealkylation sites (tertiary alicyclic amines) is 1. The van der Waals surface area contributed by atoms with Gasteiger partial charge in [-0.25, -0.2) is 0 Å². The Bertz CT molecular complexity index is 317. The van der Waals surface area contributed by atoms with Crippen molar-refractivity contribution in [1.29, 1.82) is 0 Å². The molecular weight excluding hydrogens is 208 g/mol. The molecule has 2 nitrogen and oxygen atoms in total. The van der Waals surface area contributed by atoms with Crippen molar-refractivity contribution in [2.24, 2.45) is 11.7 Å². The fraction of sp³-hybridized carbons (Fsp3) is 0.600. The molecule has 1 aromatic rings. The lowest BCUT2D eigenvalue weighted by Crippen LogP contribution is -2.47. The summed E-state index contributed by atoms with van der Waals surface area (Å²) >= 11 is 0. The SMILES string of the molecule is CCCC1CN(CCC(N)c2ccccc2)C1. The van der Waals surface area contributed by atoms with E-state index in [2.05, 4.69) is 36.1 Å². The Morgan fingerprint density at radius 1 is 1.29 bits per heavy atom. The summed E-state index contributed by atoms with van der Waals surface area (Å²) in [5.41, 5.74) is 7.45. The minimum atomic E-state index is 0.196. The van der Waals surface area contributed by atoms with E-state index in [4.69, 9.17) is 5.73 Å². The van der Waals surface area contributed by atoms with E-state index < -0.39 is 0 Å². The molecule has 0 saturated carbocycles. The van der Waals surface area contributed by atoms with Crippen LogP contribution >= 0.6 is 0 Å². The second kappa shape index (κ2) is 6.18. The maximum atomic E-state index is 6.19. The van der Waals surface area contributed by atoms with Crippen LogP contribution in [-0.2, 0) is 0 Å². The first-order valence-corrected chi connectivity index (χ1v) is 6.82. The molecule has 1 atom stereocenters. The van der Waals surface area contributed by atoms with Crippen LogP contribution in [0.3, 0.4) is 0 Å². The highest BCUT2D eigenvalue weighted by Gasteiger charge is 2.25. The number of hydrogen-bond acceptors (Lipinski definition) is 2. The van der Waals surface area contributed by atoms with Crippen LogP contribution in [-0.4, -0.2) is 24.5 Å². The third-order valence-corrected chi connectivity index (χ3v) is 3.71. The molecule has 0 amide bonds. The molecule has 17 heavy (non-hydrogen) atoms. The van der Waals surface area contributed by atoms with Gasteiger partial charge in [0.2, 0.25) is 0 Å². The molecule has 1 saturated heterocycles. The van der Waals surface area contributed by atoms with E-state index in [9.17, 15) is 0 Å². The van der Waals surface area contributed by atoms with Crippen molar-refractivity contribution < 1.29 is 0 Å². The molecular formula is C15H24N2. The molecule has 0 radical (unpaired) electrons. The zero-order valence-electron chi connectivity index (χ0n) is 10.8. The highest BCUT2D eigenvalue weighted by molar-refractivity contribution is 5.18. The third-order valence-electron chi connectivity index (χ3n) is 3.71. The van der Waals surface area contributed by atoms with Crippen molar-refractivity contribution in [3.05, 3.63) is 35.9 Å². The summed E-state index contributed by atoms with van der Waals surface area (Å²) in [6.45, 7) is 5.99. The van der Waals surface area contributed by atoms with Crippen LogP contribution in [0.4, 0.5) is 0 Å². The maximum absolute atomic E-state index is 6.19. The summed E-state index contributed by atoms with van der Waals surface area (Å²) in [5, 5.41) is 0. The van der Waals surface area contributed by atoms with Gasteiger partial charge < -0.3 is 10.6 Å². The Balaban J connectivity index is 1.66. The smallest absolute Gasteiger partial charge is 0.0307 e. The van der Waals surface area contributed by atoms with Crippen LogP contribution < -0.4 is 5.73 Å². The normalized spacial score (nSPS) is 18.9. The number of nitrogens with zero attached hydrogens (tertiary/aromatic N) is 1. The minimum Gasteiger partial charge on any atom is -0.324 e. The number of rotatable bonds is 6. The van der Waals surface area contributed by atoms with E-state index in [1.165, 1.54) is 31.5 Å². The largest absolute Gasteiger partial charge is 0.324 e. The van der Waals surface area contributed by atoms with Crippen LogP contribution in [0.2, 0.25) is 0 Å². The van der Waals surface area contributed by atoms with Gasteiger partial charge in [0.05, 0.1) is 0 Å². The van der Waals surface area contributed by atoms with Gasteiger partial charge in [-0.15, -0.1) is 0 Å². The van der Waals surface area contributed by atoms with E-state index in [0.29, 0.717) is 0 Å². The van der Waals surface area contributed by atoms with Crippen molar-refractivity contribution in [1.82, 2.24) is 4.90 Å². The van der Waals surface area contributed by atoms with Gasteiger partial charge in [0.1, 0.15) is 0 Å². The summed E-state index contributed by atoms with van der Waals surface area (Å²) in [4.78, 5) is 2.53. The summed E-state index contributed by atoms with van der Waals surface area (Å²) in [6, 6.07) is 10.6. The van der Waals surface area contributed by atoms with Crippen molar-refractivity contribution >= 4 is 0 Å². The first-order chi connectivity index (χ1) is 8.29. The van der Waals surface area contributed by atoms with Crippen LogP contribution in [0.25, 0.3) is 0 Å². The molecule has 1 aliphatic heterocycles. The van der Waals surface area contributed by atoms with Gasteiger partial charge in [-0.3, -0.25) is 0 Å². The zero-order valence-corrected chi connectivity index (χ0v) is 10.8. The average molecular weight is 232 g/mol. The summed E-state index contributed by atoms with van der Waals surface area (Å²) in [6.07, 6.45) is 3.78. The fourth-order valence-electron chi connectivity index (χ4n) is 2.64. The van der Waals surface area contributed by atoms with Gasteiger partial charge in [-0.1, -0.05) is 43.7 Å². The van der Waals surface area contributed by atoms with Gasteiger partial charge in [-0.2, -0.15) is 0 Å². The van der Waals surface area contributed by atoms with Gasteiger partial charge in [0.25, 0.3) is 0 Å². The van der Waals surface area contributed by atoms with Crippen molar-refractivity contribution in [2.75, 3.05) is 19.6 Å². The summed E-state index contributed by atoms with van der Waals surface area (Å²) in [7, 11) is 0. The molecule has 1 aliphatic rings. The third kappa shape index (κ3) is 3.55. The molecule has 2 rings (SSSR count). The molecule has 0 aromatic heterocycles. The average Bonchev–Trinajstić information content (AvgIpc) is 2.32. The first-order valence-electron chi connectivity index (χ1n) is 6.82. The molecule has 2 heteroatoms. The van der Waals surface area contributed by atoms with Gasteiger partial charge in [0, 0.05) is 19.1 Å². The maximum Gasteiger partial charge on any atom is 0.0307 e. The van der Waals surface area contributed by atoms with Crippen LogP contribution in [0.15, 0.2) is 30.3 Å². The standard InChI is InChI=1S/C15H24N2/c1-2-6-13-11-17(12-13)10-9-15(16)14-7-4-3-5-8-14/h3-5,7-8,13,15H,2,6,9-12,16H2,1H3. The minimum absolute atomic E-state index is 0.196. The van der Waals surface area contributed by atoms with E-state index in [1.54, 1.807) is 0 Å². The second-order valence-corrected chi connectivity index (χ2v) is 5.22. The highest BCUT2D eigenvalue weighted by atomic mass is 15.2. The van der Waals surface area contributed by atoms with Gasteiger partial charge >= 0.3 is 0 Å². The molecule has 0 aliphatic carbocycles. The van der Waals surface area contributed by atoms with Crippen LogP contribution in [0.1, 0.15) is 37.8 Å². The summed E-state index contributed by atoms with van der Waals surface area (Å²) < 4.78 is 0. The molecule has 94 valence electrons.